The number of ether oxygens (including phenoxy) is 4. The van der Waals surface area contributed by atoms with Crippen LogP contribution in [0.15, 0.2) is 6.33 Å². The predicted molar refractivity (Wildman–Crippen MR) is 76.5 cm³/mol. The smallest absolute Gasteiger partial charge is 0.221 e. The second-order valence-corrected chi connectivity index (χ2v) is 4.60. The first kappa shape index (κ1) is 16.1. The Balaban J connectivity index is 1.59. The highest BCUT2D eigenvalue weighted by Gasteiger charge is 2.15. The van der Waals surface area contributed by atoms with E-state index in [1.165, 1.54) is 0 Å². The second kappa shape index (κ2) is 9.62. The Labute approximate surface area is 125 Å². The molecule has 0 amide bonds. The zero-order chi connectivity index (χ0) is 14.8. The molecule has 0 unspecified atom stereocenters. The molecule has 1 aromatic rings. The molecule has 7 nitrogen and oxygen atoms in total. The lowest BCUT2D eigenvalue weighted by molar-refractivity contribution is 0.0175. The lowest BCUT2D eigenvalue weighted by Gasteiger charge is -2.18. The molecule has 0 bridgehead atoms. The van der Waals surface area contributed by atoms with Crippen molar-refractivity contribution in [3.05, 3.63) is 17.6 Å². The Hall–Kier alpha value is -1.28. The van der Waals surface area contributed by atoms with Crippen molar-refractivity contribution in [2.45, 2.75) is 13.0 Å². The molecule has 0 saturated heterocycles. The van der Waals surface area contributed by atoms with Gasteiger partial charge in [0.05, 0.1) is 38.7 Å². The van der Waals surface area contributed by atoms with E-state index in [2.05, 4.69) is 15.3 Å². The van der Waals surface area contributed by atoms with Crippen LogP contribution >= 0.6 is 0 Å². The lowest BCUT2D eigenvalue weighted by Crippen LogP contribution is -2.26. The molecule has 0 radical (unpaired) electrons. The van der Waals surface area contributed by atoms with E-state index < -0.39 is 0 Å². The Kier molecular flexibility index (Phi) is 7.37. The third-order valence-corrected chi connectivity index (χ3v) is 3.11. The van der Waals surface area contributed by atoms with Gasteiger partial charge in [0.2, 0.25) is 5.88 Å². The monoisotopic (exact) mass is 297 g/mol. The molecule has 2 heterocycles. The Morgan fingerprint density at radius 1 is 1.05 bits per heavy atom. The normalized spacial score (nSPS) is 14.0. The van der Waals surface area contributed by atoms with Gasteiger partial charge in [-0.25, -0.2) is 9.97 Å². The molecule has 1 aliphatic heterocycles. The molecule has 118 valence electrons. The van der Waals surface area contributed by atoms with Crippen LogP contribution in [0.5, 0.6) is 5.88 Å². The molecule has 0 atom stereocenters. The van der Waals surface area contributed by atoms with Crippen LogP contribution < -0.4 is 10.1 Å². The average molecular weight is 297 g/mol. The number of nitrogens with one attached hydrogen (secondary N) is 1. The van der Waals surface area contributed by atoms with Crippen molar-refractivity contribution in [1.82, 2.24) is 15.3 Å². The number of methoxy groups -OCH3 is 1. The summed E-state index contributed by atoms with van der Waals surface area (Å²) in [6, 6.07) is 0. The summed E-state index contributed by atoms with van der Waals surface area (Å²) >= 11 is 0. The number of aromatic nitrogens is 2. The van der Waals surface area contributed by atoms with E-state index in [1.54, 1.807) is 13.4 Å². The molecule has 7 heteroatoms. The van der Waals surface area contributed by atoms with Gasteiger partial charge in [0, 0.05) is 32.2 Å². The first-order valence-electron chi connectivity index (χ1n) is 7.22. The molecule has 21 heavy (non-hydrogen) atoms. The first-order valence-corrected chi connectivity index (χ1v) is 7.22. The summed E-state index contributed by atoms with van der Waals surface area (Å²) in [5.74, 6) is 0.659. The van der Waals surface area contributed by atoms with Crippen molar-refractivity contribution in [3.8, 4) is 5.88 Å². The van der Waals surface area contributed by atoms with E-state index in [0.29, 0.717) is 45.5 Å². The van der Waals surface area contributed by atoms with Gasteiger partial charge in [-0.15, -0.1) is 0 Å². The van der Waals surface area contributed by atoms with Crippen molar-refractivity contribution >= 4 is 0 Å². The highest BCUT2D eigenvalue weighted by atomic mass is 16.6. The van der Waals surface area contributed by atoms with Crippen molar-refractivity contribution in [1.29, 1.82) is 0 Å². The minimum Gasteiger partial charge on any atom is -0.475 e. The third kappa shape index (κ3) is 5.55. The maximum absolute atomic E-state index is 5.67. The molecule has 1 N–H and O–H groups in total. The van der Waals surface area contributed by atoms with E-state index in [9.17, 15) is 0 Å². The quantitative estimate of drug-likeness (QED) is 0.617. The lowest BCUT2D eigenvalue weighted by atomic mass is 10.1. The molecular weight excluding hydrogens is 274 g/mol. The van der Waals surface area contributed by atoms with Gasteiger partial charge >= 0.3 is 0 Å². The van der Waals surface area contributed by atoms with Crippen LogP contribution in [0.3, 0.4) is 0 Å². The number of hydrogen-bond donors (Lipinski definition) is 1. The molecule has 1 aliphatic rings. The summed E-state index contributed by atoms with van der Waals surface area (Å²) in [6.45, 7) is 5.02. The van der Waals surface area contributed by atoms with Gasteiger partial charge in [0.15, 0.2) is 0 Å². The van der Waals surface area contributed by atoms with Gasteiger partial charge in [0.25, 0.3) is 0 Å². The Morgan fingerprint density at radius 2 is 1.81 bits per heavy atom. The van der Waals surface area contributed by atoms with Crippen molar-refractivity contribution in [3.63, 3.8) is 0 Å². The molecule has 0 aromatic carbocycles. The number of fused-ring (bicyclic) bond motifs is 1. The van der Waals surface area contributed by atoms with E-state index in [0.717, 1.165) is 30.8 Å². The molecule has 0 saturated carbocycles. The number of hydrogen-bond acceptors (Lipinski definition) is 7. The summed E-state index contributed by atoms with van der Waals surface area (Å²) < 4.78 is 21.3. The summed E-state index contributed by atoms with van der Waals surface area (Å²) in [6.07, 6.45) is 2.48. The van der Waals surface area contributed by atoms with E-state index in [-0.39, 0.29) is 0 Å². The fourth-order valence-corrected chi connectivity index (χ4v) is 2.03. The zero-order valence-electron chi connectivity index (χ0n) is 12.5. The van der Waals surface area contributed by atoms with Gasteiger partial charge in [-0.3, -0.25) is 0 Å². The SMILES string of the molecule is COCCOCCOCCOc1ncnc2c1CNCC2. The highest BCUT2D eigenvalue weighted by molar-refractivity contribution is 5.31. The van der Waals surface area contributed by atoms with Gasteiger partial charge < -0.3 is 24.3 Å². The van der Waals surface area contributed by atoms with Gasteiger partial charge in [-0.05, 0) is 0 Å². The van der Waals surface area contributed by atoms with Crippen LogP contribution in [-0.4, -0.2) is 63.3 Å². The van der Waals surface area contributed by atoms with Crippen LogP contribution in [0, 0.1) is 0 Å². The first-order chi connectivity index (χ1) is 10.4. The summed E-state index contributed by atoms with van der Waals surface area (Å²) in [5, 5.41) is 3.30. The highest BCUT2D eigenvalue weighted by Crippen LogP contribution is 2.20. The standard InChI is InChI=1S/C14H23N3O4/c1-18-4-5-19-6-7-20-8-9-21-14-12-10-15-3-2-13(12)16-11-17-14/h11,15H,2-10H2,1H3. The van der Waals surface area contributed by atoms with Crippen molar-refractivity contribution in [2.24, 2.45) is 0 Å². The van der Waals surface area contributed by atoms with Crippen LogP contribution in [0.1, 0.15) is 11.3 Å². The largest absolute Gasteiger partial charge is 0.475 e. The van der Waals surface area contributed by atoms with Crippen molar-refractivity contribution in [2.75, 3.05) is 53.3 Å². The maximum Gasteiger partial charge on any atom is 0.221 e. The van der Waals surface area contributed by atoms with Gasteiger partial charge in [0.1, 0.15) is 12.9 Å². The predicted octanol–water partition coefficient (Wildman–Crippen LogP) is 0.181. The third-order valence-electron chi connectivity index (χ3n) is 3.11. The fourth-order valence-electron chi connectivity index (χ4n) is 2.03. The van der Waals surface area contributed by atoms with Crippen molar-refractivity contribution < 1.29 is 18.9 Å². The Bertz CT molecular complexity index is 417. The Morgan fingerprint density at radius 3 is 2.62 bits per heavy atom. The molecule has 0 aliphatic carbocycles. The zero-order valence-corrected chi connectivity index (χ0v) is 12.5. The molecule has 1 aromatic heterocycles. The van der Waals surface area contributed by atoms with Gasteiger partial charge in [-0.1, -0.05) is 0 Å². The van der Waals surface area contributed by atoms with Crippen LogP contribution in [0.25, 0.3) is 0 Å². The van der Waals surface area contributed by atoms with Crippen LogP contribution in [-0.2, 0) is 27.2 Å². The van der Waals surface area contributed by atoms with Gasteiger partial charge in [-0.2, -0.15) is 0 Å². The van der Waals surface area contributed by atoms with E-state index >= 15 is 0 Å². The topological polar surface area (TPSA) is 74.7 Å². The molecular formula is C14H23N3O4. The fraction of sp³-hybridized carbons (Fsp3) is 0.714. The summed E-state index contributed by atoms with van der Waals surface area (Å²) in [4.78, 5) is 8.48. The number of nitrogens with zero attached hydrogens (tertiary/aromatic N) is 2. The minimum atomic E-state index is 0.474. The summed E-state index contributed by atoms with van der Waals surface area (Å²) in [7, 11) is 1.65. The van der Waals surface area contributed by atoms with E-state index in [1.807, 2.05) is 0 Å². The second-order valence-electron chi connectivity index (χ2n) is 4.60. The molecule has 0 fully saturated rings. The average Bonchev–Trinajstić information content (AvgIpc) is 2.53. The van der Waals surface area contributed by atoms with Crippen LogP contribution in [0.4, 0.5) is 0 Å². The molecule has 0 spiro atoms. The maximum atomic E-state index is 5.67. The number of rotatable bonds is 10. The minimum absolute atomic E-state index is 0.474. The summed E-state index contributed by atoms with van der Waals surface area (Å²) in [5.41, 5.74) is 2.14. The van der Waals surface area contributed by atoms with Crippen LogP contribution in [0.2, 0.25) is 0 Å². The molecule has 2 rings (SSSR count). The van der Waals surface area contributed by atoms with E-state index in [4.69, 9.17) is 18.9 Å².